The number of carboxylic acids is 1. The predicted octanol–water partition coefficient (Wildman–Crippen LogP) is 5.49. The highest BCUT2D eigenvalue weighted by molar-refractivity contribution is 7.97. The molecule has 0 saturated heterocycles. The van der Waals surface area contributed by atoms with Crippen molar-refractivity contribution in [2.24, 2.45) is 5.92 Å². The van der Waals surface area contributed by atoms with Crippen LogP contribution in [0.2, 0.25) is 0 Å². The molecule has 3 aromatic rings. The van der Waals surface area contributed by atoms with E-state index in [9.17, 15) is 9.90 Å². The lowest BCUT2D eigenvalue weighted by molar-refractivity contribution is -0.139. The monoisotopic (exact) mass is 398 g/mol. The number of hydrogen-bond acceptors (Lipinski definition) is 5. The zero-order chi connectivity index (χ0) is 19.4. The molecule has 0 amide bonds. The molecule has 0 aliphatic heterocycles. The van der Waals surface area contributed by atoms with Gasteiger partial charge in [-0.25, -0.2) is 9.71 Å². The van der Waals surface area contributed by atoms with Gasteiger partial charge in [-0.15, -0.1) is 11.3 Å². The molecule has 1 heterocycles. The summed E-state index contributed by atoms with van der Waals surface area (Å²) in [5, 5.41) is 10.2. The molecule has 140 valence electrons. The maximum absolute atomic E-state index is 11.3. The Morgan fingerprint density at radius 1 is 1.07 bits per heavy atom. The van der Waals surface area contributed by atoms with Crippen LogP contribution in [0.1, 0.15) is 19.4 Å². The number of hydrogen-bond donors (Lipinski definition) is 2. The minimum Gasteiger partial charge on any atom is -0.480 e. The minimum absolute atomic E-state index is 0.0183. The van der Waals surface area contributed by atoms with Gasteiger partial charge in [0, 0.05) is 16.7 Å². The van der Waals surface area contributed by atoms with Crippen molar-refractivity contribution in [3.05, 3.63) is 60.3 Å². The lowest BCUT2D eigenvalue weighted by atomic mass is 10.1. The van der Waals surface area contributed by atoms with Crippen LogP contribution in [0.15, 0.2) is 59.6 Å². The molecule has 1 unspecified atom stereocenters. The lowest BCUT2D eigenvalue weighted by Gasteiger charge is -2.17. The molecule has 1 aromatic heterocycles. The summed E-state index contributed by atoms with van der Waals surface area (Å²) in [6.45, 7) is 5.86. The highest BCUT2D eigenvalue weighted by Gasteiger charge is 2.21. The number of nitrogens with zero attached hydrogens (tertiary/aromatic N) is 1. The maximum Gasteiger partial charge on any atom is 0.321 e. The van der Waals surface area contributed by atoms with E-state index in [-0.39, 0.29) is 5.92 Å². The number of carboxylic acid groups (broad SMARTS) is 1. The van der Waals surface area contributed by atoms with Crippen molar-refractivity contribution >= 4 is 29.3 Å². The molecule has 0 fully saturated rings. The van der Waals surface area contributed by atoms with Crippen LogP contribution in [0.25, 0.3) is 21.0 Å². The number of rotatable bonds is 7. The van der Waals surface area contributed by atoms with Crippen LogP contribution in [-0.4, -0.2) is 22.1 Å². The molecule has 6 heteroatoms. The van der Waals surface area contributed by atoms with Crippen molar-refractivity contribution < 1.29 is 9.90 Å². The number of thiazole rings is 1. The number of benzene rings is 2. The van der Waals surface area contributed by atoms with Crippen molar-refractivity contribution in [2.75, 3.05) is 0 Å². The molecule has 4 nitrogen and oxygen atoms in total. The summed E-state index contributed by atoms with van der Waals surface area (Å²) in [6, 6.07) is 15.9. The average Bonchev–Trinajstić information content (AvgIpc) is 3.12. The third-order valence-electron chi connectivity index (χ3n) is 4.18. The lowest BCUT2D eigenvalue weighted by Crippen LogP contribution is -2.36. The van der Waals surface area contributed by atoms with Gasteiger partial charge in [0.25, 0.3) is 0 Å². The molecule has 0 spiro atoms. The quantitative estimate of drug-likeness (QED) is 0.515. The van der Waals surface area contributed by atoms with E-state index >= 15 is 0 Å². The largest absolute Gasteiger partial charge is 0.480 e. The Labute approximate surface area is 167 Å². The zero-order valence-corrected chi connectivity index (χ0v) is 17.1. The van der Waals surface area contributed by atoms with Crippen LogP contribution >= 0.6 is 23.3 Å². The van der Waals surface area contributed by atoms with Gasteiger partial charge in [0.05, 0.1) is 4.88 Å². The van der Waals surface area contributed by atoms with Crippen LogP contribution in [-0.2, 0) is 4.79 Å². The molecule has 3 rings (SSSR count). The van der Waals surface area contributed by atoms with E-state index in [0.717, 1.165) is 20.3 Å². The highest BCUT2D eigenvalue weighted by Crippen LogP contribution is 2.32. The van der Waals surface area contributed by atoms with Gasteiger partial charge >= 0.3 is 5.97 Å². The fourth-order valence-corrected chi connectivity index (χ4v) is 4.36. The first kappa shape index (κ1) is 19.6. The first-order chi connectivity index (χ1) is 12.9. The topological polar surface area (TPSA) is 62.2 Å². The highest BCUT2D eigenvalue weighted by atomic mass is 32.2. The van der Waals surface area contributed by atoms with Gasteiger partial charge in [-0.05, 0) is 42.5 Å². The molecule has 0 radical (unpaired) electrons. The van der Waals surface area contributed by atoms with Crippen molar-refractivity contribution in [2.45, 2.75) is 31.7 Å². The standard InChI is InChI=1S/C21H22N2O2S2/c1-13(2)19(21(24)25)23-27-17-10-8-16(9-11-17)20-22-12-18(26-20)15-6-4-14(3)5-7-15/h4-13,19,23H,1-3H3,(H,24,25). The molecule has 0 aliphatic carbocycles. The van der Waals surface area contributed by atoms with Crippen LogP contribution in [0.5, 0.6) is 0 Å². The molecule has 0 saturated carbocycles. The van der Waals surface area contributed by atoms with Crippen LogP contribution in [0.4, 0.5) is 0 Å². The number of carbonyl (C=O) groups is 1. The average molecular weight is 399 g/mol. The smallest absolute Gasteiger partial charge is 0.321 e. The SMILES string of the molecule is Cc1ccc(-c2cnc(-c3ccc(SNC(C(=O)O)C(C)C)cc3)s2)cc1. The first-order valence-corrected chi connectivity index (χ1v) is 10.4. The second-order valence-electron chi connectivity index (χ2n) is 6.70. The number of aromatic nitrogens is 1. The van der Waals surface area contributed by atoms with Crippen molar-refractivity contribution in [3.63, 3.8) is 0 Å². The van der Waals surface area contributed by atoms with Gasteiger partial charge in [0.2, 0.25) is 0 Å². The summed E-state index contributed by atoms with van der Waals surface area (Å²) in [7, 11) is 0. The third kappa shape index (κ3) is 4.97. The zero-order valence-electron chi connectivity index (χ0n) is 15.5. The molecular formula is C21H22N2O2S2. The Hall–Kier alpha value is -2.15. The van der Waals surface area contributed by atoms with Crippen molar-refractivity contribution in [3.8, 4) is 21.0 Å². The Morgan fingerprint density at radius 3 is 2.30 bits per heavy atom. The molecule has 0 bridgehead atoms. The third-order valence-corrected chi connectivity index (χ3v) is 6.15. The molecule has 0 aliphatic rings. The van der Waals surface area contributed by atoms with Crippen molar-refractivity contribution in [1.29, 1.82) is 0 Å². The summed E-state index contributed by atoms with van der Waals surface area (Å²) in [5.74, 6) is -0.815. The van der Waals surface area contributed by atoms with Gasteiger partial charge in [0.15, 0.2) is 0 Å². The Kier molecular flexibility index (Phi) is 6.31. The first-order valence-electron chi connectivity index (χ1n) is 8.72. The molecule has 2 N–H and O–H groups in total. The molecule has 27 heavy (non-hydrogen) atoms. The summed E-state index contributed by atoms with van der Waals surface area (Å²) >= 11 is 3.01. The van der Waals surface area contributed by atoms with E-state index in [1.54, 1.807) is 11.3 Å². The molecular weight excluding hydrogens is 376 g/mol. The molecule has 1 atom stereocenters. The second kappa shape index (κ2) is 8.69. The maximum atomic E-state index is 11.3. The number of aryl methyl sites for hydroxylation is 1. The predicted molar refractivity (Wildman–Crippen MR) is 113 cm³/mol. The van der Waals surface area contributed by atoms with E-state index < -0.39 is 12.0 Å². The van der Waals surface area contributed by atoms with Crippen LogP contribution in [0.3, 0.4) is 0 Å². The van der Waals surface area contributed by atoms with E-state index in [1.807, 2.05) is 44.3 Å². The van der Waals surface area contributed by atoms with Gasteiger partial charge in [-0.1, -0.05) is 55.8 Å². The number of nitrogens with one attached hydrogen (secondary N) is 1. The summed E-state index contributed by atoms with van der Waals surface area (Å²) in [6.07, 6.45) is 1.91. The van der Waals surface area contributed by atoms with Crippen molar-refractivity contribution in [1.82, 2.24) is 9.71 Å². The minimum atomic E-state index is -0.833. The normalized spacial score (nSPS) is 12.3. The summed E-state index contributed by atoms with van der Waals surface area (Å²) in [5.41, 5.74) is 3.48. The second-order valence-corrected chi connectivity index (χ2v) is 8.64. The van der Waals surface area contributed by atoms with Crippen LogP contribution in [0, 0.1) is 12.8 Å². The Morgan fingerprint density at radius 2 is 1.70 bits per heavy atom. The molecule has 2 aromatic carbocycles. The van der Waals surface area contributed by atoms with Gasteiger partial charge in [-0.2, -0.15) is 0 Å². The summed E-state index contributed by atoms with van der Waals surface area (Å²) < 4.78 is 3.03. The van der Waals surface area contributed by atoms with E-state index in [0.29, 0.717) is 0 Å². The van der Waals surface area contributed by atoms with Crippen LogP contribution < -0.4 is 4.72 Å². The van der Waals surface area contributed by atoms with Gasteiger partial charge < -0.3 is 5.11 Å². The Bertz CT molecular complexity index is 903. The Balaban J connectivity index is 1.69. The fourth-order valence-electron chi connectivity index (χ4n) is 2.53. The van der Waals surface area contributed by atoms with E-state index in [1.165, 1.54) is 23.1 Å². The fraction of sp³-hybridized carbons (Fsp3) is 0.238. The van der Waals surface area contributed by atoms with Gasteiger partial charge in [0.1, 0.15) is 11.0 Å². The van der Waals surface area contributed by atoms with E-state index in [4.69, 9.17) is 0 Å². The number of aliphatic carboxylic acids is 1. The summed E-state index contributed by atoms with van der Waals surface area (Å²) in [4.78, 5) is 17.9. The van der Waals surface area contributed by atoms with E-state index in [2.05, 4.69) is 40.9 Å². The van der Waals surface area contributed by atoms with Gasteiger partial charge in [-0.3, -0.25) is 4.79 Å².